The van der Waals surface area contributed by atoms with Gasteiger partial charge in [0.05, 0.1) is 17.6 Å². The van der Waals surface area contributed by atoms with Crippen LogP contribution in [0.4, 0.5) is 11.4 Å². The van der Waals surface area contributed by atoms with Crippen LogP contribution in [0.15, 0.2) is 67.0 Å². The van der Waals surface area contributed by atoms with Gasteiger partial charge in [-0.25, -0.2) is 9.50 Å². The number of piperidine rings is 1. The molecule has 174 valence electrons. The zero-order chi connectivity index (χ0) is 23.5. The van der Waals surface area contributed by atoms with Crippen molar-refractivity contribution in [1.29, 1.82) is 0 Å². The molecule has 5 rings (SSSR count). The largest absolute Gasteiger partial charge is 0.367 e. The van der Waals surface area contributed by atoms with Crippen molar-refractivity contribution in [3.8, 4) is 11.1 Å². The van der Waals surface area contributed by atoms with Gasteiger partial charge in [-0.2, -0.15) is 5.10 Å². The Balaban J connectivity index is 1.44. The van der Waals surface area contributed by atoms with Gasteiger partial charge in [0.1, 0.15) is 5.69 Å². The molecule has 0 saturated carbocycles. The van der Waals surface area contributed by atoms with Crippen molar-refractivity contribution in [2.75, 3.05) is 23.3 Å². The van der Waals surface area contributed by atoms with E-state index in [1.807, 2.05) is 42.5 Å². The maximum atomic E-state index is 13.3. The molecular formula is C26H27ClN6O. The van der Waals surface area contributed by atoms with Crippen molar-refractivity contribution >= 4 is 34.5 Å². The first-order valence-corrected chi connectivity index (χ1v) is 12.0. The van der Waals surface area contributed by atoms with Crippen LogP contribution in [0.2, 0.25) is 5.02 Å². The number of rotatable bonds is 6. The number of anilines is 2. The minimum Gasteiger partial charge on any atom is -0.367 e. The van der Waals surface area contributed by atoms with E-state index >= 15 is 0 Å². The fraction of sp³-hybridized carbons (Fsp3) is 0.269. The van der Waals surface area contributed by atoms with E-state index in [0.29, 0.717) is 29.0 Å². The van der Waals surface area contributed by atoms with Crippen LogP contribution in [-0.4, -0.2) is 39.6 Å². The van der Waals surface area contributed by atoms with Gasteiger partial charge in [0.15, 0.2) is 5.65 Å². The number of para-hydroxylation sites is 2. The SMILES string of the molecule is NCCC1CCCCN1c1ccccc1NC(=O)c1ccn2ncc(-c3cccc(Cl)c3)c2n1. The number of hydrogen-bond acceptors (Lipinski definition) is 5. The van der Waals surface area contributed by atoms with Crippen molar-refractivity contribution in [1.82, 2.24) is 14.6 Å². The van der Waals surface area contributed by atoms with Crippen LogP contribution in [-0.2, 0) is 0 Å². The van der Waals surface area contributed by atoms with E-state index in [1.165, 1.54) is 6.42 Å². The summed E-state index contributed by atoms with van der Waals surface area (Å²) in [6.45, 7) is 1.61. The highest BCUT2D eigenvalue weighted by Crippen LogP contribution is 2.33. The Kier molecular flexibility index (Phi) is 6.47. The van der Waals surface area contributed by atoms with Gasteiger partial charge in [-0.05, 0) is 68.1 Å². The van der Waals surface area contributed by atoms with E-state index in [-0.39, 0.29) is 5.91 Å². The highest BCUT2D eigenvalue weighted by atomic mass is 35.5. The topological polar surface area (TPSA) is 88.5 Å². The Hall–Kier alpha value is -3.42. The Morgan fingerprint density at radius 3 is 2.88 bits per heavy atom. The summed E-state index contributed by atoms with van der Waals surface area (Å²) in [6.07, 6.45) is 7.88. The van der Waals surface area contributed by atoms with Gasteiger partial charge in [-0.3, -0.25) is 4.79 Å². The molecule has 1 amide bonds. The lowest BCUT2D eigenvalue weighted by atomic mass is 9.98. The predicted octanol–water partition coefficient (Wildman–Crippen LogP) is 5.01. The zero-order valence-corrected chi connectivity index (χ0v) is 19.6. The maximum absolute atomic E-state index is 13.3. The Morgan fingerprint density at radius 1 is 1.15 bits per heavy atom. The number of aromatic nitrogens is 3. The number of carbonyl (C=O) groups is 1. The van der Waals surface area contributed by atoms with Crippen molar-refractivity contribution in [3.05, 3.63) is 77.7 Å². The molecule has 8 heteroatoms. The van der Waals surface area contributed by atoms with E-state index in [0.717, 1.165) is 48.3 Å². The monoisotopic (exact) mass is 474 g/mol. The molecule has 1 unspecified atom stereocenters. The number of amides is 1. The average Bonchev–Trinajstić information content (AvgIpc) is 3.28. The van der Waals surface area contributed by atoms with E-state index < -0.39 is 0 Å². The summed E-state index contributed by atoms with van der Waals surface area (Å²) in [6, 6.07) is 17.5. The molecule has 1 saturated heterocycles. The summed E-state index contributed by atoms with van der Waals surface area (Å²) in [7, 11) is 0. The second-order valence-electron chi connectivity index (χ2n) is 8.54. The van der Waals surface area contributed by atoms with Gasteiger partial charge >= 0.3 is 0 Å². The first-order valence-electron chi connectivity index (χ1n) is 11.6. The van der Waals surface area contributed by atoms with Crippen molar-refractivity contribution in [2.24, 2.45) is 5.73 Å². The van der Waals surface area contributed by atoms with Gasteiger partial charge in [0.25, 0.3) is 5.91 Å². The molecule has 2 aromatic carbocycles. The number of nitrogens with one attached hydrogen (secondary N) is 1. The van der Waals surface area contributed by atoms with E-state index in [9.17, 15) is 4.79 Å². The number of nitrogens with two attached hydrogens (primary N) is 1. The molecule has 1 aliphatic rings. The van der Waals surface area contributed by atoms with Crippen molar-refractivity contribution in [2.45, 2.75) is 31.7 Å². The third kappa shape index (κ3) is 4.49. The number of hydrogen-bond donors (Lipinski definition) is 2. The predicted molar refractivity (Wildman–Crippen MR) is 136 cm³/mol. The van der Waals surface area contributed by atoms with Crippen LogP contribution in [0.3, 0.4) is 0 Å². The second-order valence-corrected chi connectivity index (χ2v) is 8.98. The summed E-state index contributed by atoms with van der Waals surface area (Å²) in [5.41, 5.74) is 10.3. The molecule has 2 aromatic heterocycles. The van der Waals surface area contributed by atoms with Crippen molar-refractivity contribution < 1.29 is 4.79 Å². The van der Waals surface area contributed by atoms with E-state index in [2.05, 4.69) is 26.4 Å². The molecule has 3 N–H and O–H groups in total. The number of carbonyl (C=O) groups excluding carboxylic acids is 1. The smallest absolute Gasteiger partial charge is 0.274 e. The molecular weight excluding hydrogens is 448 g/mol. The normalized spacial score (nSPS) is 16.1. The van der Waals surface area contributed by atoms with E-state index in [4.69, 9.17) is 17.3 Å². The molecule has 7 nitrogen and oxygen atoms in total. The highest BCUT2D eigenvalue weighted by Gasteiger charge is 2.24. The van der Waals surface area contributed by atoms with Gasteiger partial charge in [0, 0.05) is 29.4 Å². The minimum atomic E-state index is -0.263. The second kappa shape index (κ2) is 9.83. The number of fused-ring (bicyclic) bond motifs is 1. The molecule has 0 radical (unpaired) electrons. The van der Waals surface area contributed by atoms with Crippen molar-refractivity contribution in [3.63, 3.8) is 0 Å². The van der Waals surface area contributed by atoms with E-state index in [1.54, 1.807) is 23.0 Å². The lowest BCUT2D eigenvalue weighted by Crippen LogP contribution is -2.41. The molecule has 4 aromatic rings. The zero-order valence-electron chi connectivity index (χ0n) is 18.8. The third-order valence-corrected chi connectivity index (χ3v) is 6.56. The lowest BCUT2D eigenvalue weighted by molar-refractivity contribution is 0.102. The van der Waals surface area contributed by atoms with Crippen LogP contribution in [0, 0.1) is 0 Å². The lowest BCUT2D eigenvalue weighted by Gasteiger charge is -2.38. The fourth-order valence-electron chi connectivity index (χ4n) is 4.68. The number of nitrogens with zero attached hydrogens (tertiary/aromatic N) is 4. The van der Waals surface area contributed by atoms with Gasteiger partial charge in [-0.15, -0.1) is 0 Å². The van der Waals surface area contributed by atoms with Crippen LogP contribution in [0.25, 0.3) is 16.8 Å². The first kappa shape index (κ1) is 22.4. The molecule has 34 heavy (non-hydrogen) atoms. The van der Waals surface area contributed by atoms with Crippen LogP contribution in [0.5, 0.6) is 0 Å². The average molecular weight is 475 g/mol. The molecule has 1 fully saturated rings. The Labute approximate surface area is 203 Å². The Bertz CT molecular complexity index is 1320. The first-order chi connectivity index (χ1) is 16.6. The molecule has 0 bridgehead atoms. The number of halogens is 1. The van der Waals surface area contributed by atoms with Gasteiger partial charge in [-0.1, -0.05) is 35.9 Å². The fourth-order valence-corrected chi connectivity index (χ4v) is 4.87. The van der Waals surface area contributed by atoms with Crippen LogP contribution >= 0.6 is 11.6 Å². The standard InChI is InChI=1S/C26H27ClN6O/c27-19-7-5-6-18(16-19)21-17-29-33-15-12-23(30-25(21)33)26(34)31-22-9-1-2-10-24(22)32-14-4-3-8-20(32)11-13-28/h1-2,5-7,9-10,12,15-17,20H,3-4,8,11,13-14,28H2,(H,31,34). The molecule has 0 aliphatic carbocycles. The Morgan fingerprint density at radius 2 is 2.03 bits per heavy atom. The van der Waals surface area contributed by atoms with Crippen LogP contribution < -0.4 is 16.0 Å². The summed E-state index contributed by atoms with van der Waals surface area (Å²) in [5.74, 6) is -0.263. The molecule has 0 spiro atoms. The van der Waals surface area contributed by atoms with Crippen LogP contribution in [0.1, 0.15) is 36.2 Å². The summed E-state index contributed by atoms with van der Waals surface area (Å²) >= 11 is 6.17. The molecule has 3 heterocycles. The number of benzene rings is 2. The molecule has 1 aliphatic heterocycles. The minimum absolute atomic E-state index is 0.263. The highest BCUT2D eigenvalue weighted by molar-refractivity contribution is 6.30. The summed E-state index contributed by atoms with van der Waals surface area (Å²) in [5, 5.41) is 8.09. The molecule has 1 atom stereocenters. The third-order valence-electron chi connectivity index (χ3n) is 6.33. The summed E-state index contributed by atoms with van der Waals surface area (Å²) < 4.78 is 1.66. The van der Waals surface area contributed by atoms with Gasteiger partial charge in [0.2, 0.25) is 0 Å². The quantitative estimate of drug-likeness (QED) is 0.410. The van der Waals surface area contributed by atoms with Gasteiger partial charge < -0.3 is 16.0 Å². The maximum Gasteiger partial charge on any atom is 0.274 e. The summed E-state index contributed by atoms with van der Waals surface area (Å²) in [4.78, 5) is 20.3.